The second kappa shape index (κ2) is 19.0. The zero-order valence-electron chi connectivity index (χ0n) is 18.5. The smallest absolute Gasteiger partial charge is 0.334 e. The van der Waals surface area contributed by atoms with Crippen molar-refractivity contribution in [3.05, 3.63) is 12.2 Å². The van der Waals surface area contributed by atoms with Crippen LogP contribution in [0.15, 0.2) is 12.2 Å². The first kappa shape index (κ1) is 26.7. The van der Waals surface area contributed by atoms with Crippen LogP contribution in [0.4, 0.5) is 0 Å². The lowest BCUT2D eigenvalue weighted by molar-refractivity contribution is -0.145. The van der Waals surface area contributed by atoms with Crippen LogP contribution < -0.4 is 0 Å². The first-order valence-corrected chi connectivity index (χ1v) is 11.6. The van der Waals surface area contributed by atoms with E-state index in [1.807, 2.05) is 0 Å². The molecule has 0 bridgehead atoms. The van der Waals surface area contributed by atoms with E-state index in [1.165, 1.54) is 96.8 Å². The number of carboxylic acid groups (broad SMARTS) is 1. The quantitative estimate of drug-likeness (QED) is 0.136. The van der Waals surface area contributed by atoms with Gasteiger partial charge in [0.2, 0.25) is 0 Å². The first-order valence-electron chi connectivity index (χ1n) is 11.6. The highest BCUT2D eigenvalue weighted by atomic mass is 16.5. The molecule has 1 atom stereocenters. The van der Waals surface area contributed by atoms with Gasteiger partial charge >= 0.3 is 11.9 Å². The maximum atomic E-state index is 11.7. The summed E-state index contributed by atoms with van der Waals surface area (Å²) in [5.41, 5.74) is 0.0176. The molecule has 0 aromatic rings. The largest absolute Gasteiger partial charge is 0.481 e. The summed E-state index contributed by atoms with van der Waals surface area (Å²) in [4.78, 5) is 22.5. The minimum atomic E-state index is -1.05. The average Bonchev–Trinajstić information content (AvgIpc) is 2.68. The molecule has 0 radical (unpaired) electrons. The molecule has 28 heavy (non-hydrogen) atoms. The molecule has 0 aromatic carbocycles. The van der Waals surface area contributed by atoms with Gasteiger partial charge in [0.15, 0.2) is 0 Å². The van der Waals surface area contributed by atoms with E-state index in [0.29, 0.717) is 6.61 Å². The van der Waals surface area contributed by atoms with Crippen LogP contribution in [0.5, 0.6) is 0 Å². The summed E-state index contributed by atoms with van der Waals surface area (Å²) in [5.74, 6) is -2.53. The van der Waals surface area contributed by atoms with Gasteiger partial charge in [-0.3, -0.25) is 4.79 Å². The van der Waals surface area contributed by atoms with Crippen molar-refractivity contribution in [2.75, 3.05) is 6.61 Å². The fourth-order valence-electron chi connectivity index (χ4n) is 3.23. The molecule has 1 unspecified atom stereocenters. The molecule has 0 aliphatic heterocycles. The molecule has 0 fully saturated rings. The molecule has 0 rings (SSSR count). The lowest BCUT2D eigenvalue weighted by Crippen LogP contribution is -2.20. The molecule has 0 aliphatic carbocycles. The molecule has 1 N–H and O–H groups in total. The number of carbonyl (C=O) groups excluding carboxylic acids is 1. The van der Waals surface area contributed by atoms with E-state index in [0.717, 1.165) is 12.8 Å². The summed E-state index contributed by atoms with van der Waals surface area (Å²) in [7, 11) is 0. The normalized spacial score (nSPS) is 11.9. The first-order chi connectivity index (χ1) is 13.5. The van der Waals surface area contributed by atoms with Crippen molar-refractivity contribution < 1.29 is 19.4 Å². The van der Waals surface area contributed by atoms with Gasteiger partial charge in [0.25, 0.3) is 0 Å². The summed E-state index contributed by atoms with van der Waals surface area (Å²) in [6.45, 7) is 7.58. The van der Waals surface area contributed by atoms with Gasteiger partial charge in [-0.1, -0.05) is 110 Å². The number of unbranched alkanes of at least 4 members (excludes halogenated alkanes) is 15. The van der Waals surface area contributed by atoms with Crippen LogP contribution >= 0.6 is 0 Å². The predicted octanol–water partition coefficient (Wildman–Crippen LogP) is 7.07. The zero-order valence-corrected chi connectivity index (χ0v) is 18.5. The fraction of sp³-hybridized carbons (Fsp3) is 0.833. The molecule has 4 nitrogen and oxygen atoms in total. The SMILES string of the molecule is C=C(C(=O)OCCCCCCCCCCCCCCCCCC)C(C)C(=O)O. The molecule has 4 heteroatoms. The number of carboxylic acids is 1. The van der Waals surface area contributed by atoms with E-state index in [2.05, 4.69) is 13.5 Å². The number of esters is 1. The Morgan fingerprint density at radius 1 is 0.750 bits per heavy atom. The van der Waals surface area contributed by atoms with E-state index in [-0.39, 0.29) is 5.57 Å². The summed E-state index contributed by atoms with van der Waals surface area (Å²) < 4.78 is 5.09. The lowest BCUT2D eigenvalue weighted by atomic mass is 10.0. The topological polar surface area (TPSA) is 63.6 Å². The van der Waals surface area contributed by atoms with Crippen LogP contribution in [0.25, 0.3) is 0 Å². The van der Waals surface area contributed by atoms with Crippen molar-refractivity contribution in [1.29, 1.82) is 0 Å². The van der Waals surface area contributed by atoms with E-state index >= 15 is 0 Å². The highest BCUT2D eigenvalue weighted by molar-refractivity contribution is 5.94. The van der Waals surface area contributed by atoms with Crippen molar-refractivity contribution in [3.63, 3.8) is 0 Å². The van der Waals surface area contributed by atoms with Crippen LogP contribution in [-0.2, 0) is 14.3 Å². The van der Waals surface area contributed by atoms with Crippen molar-refractivity contribution in [3.8, 4) is 0 Å². The molecular formula is C24H44O4. The van der Waals surface area contributed by atoms with Crippen LogP contribution in [0, 0.1) is 5.92 Å². The number of hydrogen-bond donors (Lipinski definition) is 1. The molecular weight excluding hydrogens is 352 g/mol. The van der Waals surface area contributed by atoms with Crippen molar-refractivity contribution in [2.24, 2.45) is 5.92 Å². The average molecular weight is 397 g/mol. The number of aliphatic carboxylic acids is 1. The maximum Gasteiger partial charge on any atom is 0.334 e. The van der Waals surface area contributed by atoms with Gasteiger partial charge in [-0.25, -0.2) is 4.79 Å². The van der Waals surface area contributed by atoms with Crippen molar-refractivity contribution in [2.45, 2.75) is 117 Å². The Bertz CT molecular complexity index is 417. The Balaban J connectivity index is 3.29. The lowest BCUT2D eigenvalue weighted by Gasteiger charge is -2.10. The fourth-order valence-corrected chi connectivity index (χ4v) is 3.23. The van der Waals surface area contributed by atoms with E-state index < -0.39 is 17.9 Å². The Morgan fingerprint density at radius 3 is 1.46 bits per heavy atom. The Morgan fingerprint density at radius 2 is 1.11 bits per heavy atom. The van der Waals surface area contributed by atoms with Crippen LogP contribution in [0.1, 0.15) is 117 Å². The van der Waals surface area contributed by atoms with Gasteiger partial charge in [-0.05, 0) is 13.3 Å². The Hall–Kier alpha value is -1.32. The summed E-state index contributed by atoms with van der Waals surface area (Å²) in [6, 6.07) is 0. The molecule has 164 valence electrons. The third-order valence-corrected chi connectivity index (χ3v) is 5.39. The standard InChI is InChI=1S/C24H44O4/c1-4-5-6-7-8-9-10-11-12-13-14-15-16-17-18-19-20-28-24(27)22(3)21(2)23(25)26/h21H,3-20H2,1-2H3,(H,25,26). The zero-order chi connectivity index (χ0) is 21.0. The highest BCUT2D eigenvalue weighted by Gasteiger charge is 2.21. The van der Waals surface area contributed by atoms with Gasteiger partial charge in [0.05, 0.1) is 12.5 Å². The molecule has 0 aliphatic rings. The van der Waals surface area contributed by atoms with E-state index in [1.54, 1.807) is 0 Å². The molecule has 0 amide bonds. The van der Waals surface area contributed by atoms with Gasteiger partial charge in [0, 0.05) is 5.57 Å². The van der Waals surface area contributed by atoms with Gasteiger partial charge in [-0.2, -0.15) is 0 Å². The number of hydrogen-bond acceptors (Lipinski definition) is 3. The molecule has 0 saturated carbocycles. The number of carbonyl (C=O) groups is 2. The predicted molar refractivity (Wildman–Crippen MR) is 116 cm³/mol. The summed E-state index contributed by atoms with van der Waals surface area (Å²) in [5, 5.41) is 8.85. The monoisotopic (exact) mass is 396 g/mol. The third-order valence-electron chi connectivity index (χ3n) is 5.39. The van der Waals surface area contributed by atoms with Crippen molar-refractivity contribution >= 4 is 11.9 Å². The molecule has 0 heterocycles. The summed E-state index contributed by atoms with van der Waals surface area (Å²) >= 11 is 0. The Kier molecular flexibility index (Phi) is 18.1. The molecule has 0 spiro atoms. The second-order valence-electron chi connectivity index (χ2n) is 8.02. The minimum absolute atomic E-state index is 0.0176. The van der Waals surface area contributed by atoms with Crippen LogP contribution in [0.3, 0.4) is 0 Å². The second-order valence-corrected chi connectivity index (χ2v) is 8.02. The minimum Gasteiger partial charge on any atom is -0.481 e. The van der Waals surface area contributed by atoms with E-state index in [4.69, 9.17) is 9.84 Å². The van der Waals surface area contributed by atoms with Gasteiger partial charge < -0.3 is 9.84 Å². The number of ether oxygens (including phenoxy) is 1. The molecule has 0 saturated heterocycles. The summed E-state index contributed by atoms with van der Waals surface area (Å²) in [6.07, 6.45) is 20.8. The van der Waals surface area contributed by atoms with Crippen LogP contribution in [0.2, 0.25) is 0 Å². The van der Waals surface area contributed by atoms with Crippen LogP contribution in [-0.4, -0.2) is 23.7 Å². The number of rotatable bonds is 20. The highest BCUT2D eigenvalue weighted by Crippen LogP contribution is 2.14. The maximum absolute atomic E-state index is 11.7. The van der Waals surface area contributed by atoms with Gasteiger partial charge in [0.1, 0.15) is 0 Å². The van der Waals surface area contributed by atoms with E-state index in [9.17, 15) is 9.59 Å². The van der Waals surface area contributed by atoms with Gasteiger partial charge in [-0.15, -0.1) is 0 Å². The molecule has 0 aromatic heterocycles. The Labute approximate surface area is 173 Å². The third kappa shape index (κ3) is 15.7. The van der Waals surface area contributed by atoms with Crippen molar-refractivity contribution in [1.82, 2.24) is 0 Å².